The van der Waals surface area contributed by atoms with E-state index < -0.39 is 0 Å². The molecule has 6 heteroatoms. The van der Waals surface area contributed by atoms with Crippen molar-refractivity contribution in [3.63, 3.8) is 0 Å². The quantitative estimate of drug-likeness (QED) is 0.845. The van der Waals surface area contributed by atoms with Crippen LogP contribution in [0, 0.1) is 6.92 Å². The van der Waals surface area contributed by atoms with Crippen LogP contribution in [-0.2, 0) is 13.6 Å². The third kappa shape index (κ3) is 3.57. The van der Waals surface area contributed by atoms with Crippen molar-refractivity contribution in [2.24, 2.45) is 7.05 Å². The molecule has 0 spiro atoms. The van der Waals surface area contributed by atoms with Gasteiger partial charge in [0, 0.05) is 63.9 Å². The second kappa shape index (κ2) is 7.02. The number of piperazine rings is 1. The third-order valence-corrected chi connectivity index (χ3v) is 5.85. The lowest BCUT2D eigenvalue weighted by Crippen LogP contribution is -2.54. The second-order valence-electron chi connectivity index (χ2n) is 7.79. The lowest BCUT2D eigenvalue weighted by atomic mass is 10.0. The van der Waals surface area contributed by atoms with E-state index in [2.05, 4.69) is 44.8 Å². The molecule has 136 valence electrons. The number of piperidine rings is 1. The second-order valence-corrected chi connectivity index (χ2v) is 7.79. The van der Waals surface area contributed by atoms with E-state index in [0.717, 1.165) is 37.0 Å². The summed E-state index contributed by atoms with van der Waals surface area (Å²) in [6.45, 7) is 10.3. The van der Waals surface area contributed by atoms with Gasteiger partial charge in [0.25, 0.3) is 0 Å². The summed E-state index contributed by atoms with van der Waals surface area (Å²) in [5.41, 5.74) is 3.35. The third-order valence-electron chi connectivity index (χ3n) is 5.85. The van der Waals surface area contributed by atoms with Crippen molar-refractivity contribution in [2.75, 3.05) is 46.3 Å². The Morgan fingerprint density at radius 3 is 2.68 bits per heavy atom. The standard InChI is InChI=1S/C19H30N6/c1-15-18-11-16(12-20-19(18)23(3)21-15)13-24-7-9-25(10-8-24)17-5-4-6-22(2)14-17/h11-12,17H,4-10,13-14H2,1-3H3. The van der Waals surface area contributed by atoms with Crippen LogP contribution in [0.1, 0.15) is 24.1 Å². The first-order chi connectivity index (χ1) is 12.1. The normalized spacial score (nSPS) is 24.2. The summed E-state index contributed by atoms with van der Waals surface area (Å²) in [5, 5.41) is 5.66. The van der Waals surface area contributed by atoms with Gasteiger partial charge >= 0.3 is 0 Å². The lowest BCUT2D eigenvalue weighted by Gasteiger charge is -2.42. The van der Waals surface area contributed by atoms with Gasteiger partial charge in [0.2, 0.25) is 0 Å². The molecule has 0 amide bonds. The summed E-state index contributed by atoms with van der Waals surface area (Å²) in [6.07, 6.45) is 4.73. The molecular formula is C19H30N6. The minimum absolute atomic E-state index is 0.761. The molecule has 2 aromatic heterocycles. The predicted molar refractivity (Wildman–Crippen MR) is 101 cm³/mol. The van der Waals surface area contributed by atoms with Gasteiger partial charge in [0.1, 0.15) is 0 Å². The van der Waals surface area contributed by atoms with E-state index in [1.54, 1.807) is 0 Å². The summed E-state index contributed by atoms with van der Waals surface area (Å²) in [5.74, 6) is 0. The molecule has 4 rings (SSSR count). The first kappa shape index (κ1) is 16.9. The minimum Gasteiger partial charge on any atom is -0.305 e. The number of rotatable bonds is 3. The Balaban J connectivity index is 1.36. The highest BCUT2D eigenvalue weighted by Crippen LogP contribution is 2.20. The minimum atomic E-state index is 0.761. The molecule has 1 unspecified atom stereocenters. The number of aromatic nitrogens is 3. The Morgan fingerprint density at radius 2 is 1.92 bits per heavy atom. The van der Waals surface area contributed by atoms with Crippen molar-refractivity contribution in [3.05, 3.63) is 23.5 Å². The molecule has 0 saturated carbocycles. The molecule has 2 fully saturated rings. The first-order valence-corrected chi connectivity index (χ1v) is 9.53. The number of hydrogen-bond acceptors (Lipinski definition) is 5. The smallest absolute Gasteiger partial charge is 0.157 e. The molecule has 2 saturated heterocycles. The van der Waals surface area contributed by atoms with Crippen LogP contribution in [0.15, 0.2) is 12.3 Å². The number of nitrogens with zero attached hydrogens (tertiary/aromatic N) is 6. The maximum absolute atomic E-state index is 4.62. The zero-order valence-corrected chi connectivity index (χ0v) is 15.8. The number of aryl methyl sites for hydroxylation is 2. The summed E-state index contributed by atoms with van der Waals surface area (Å²) in [7, 11) is 4.22. The molecule has 2 aliphatic heterocycles. The fraction of sp³-hybridized carbons (Fsp3) is 0.684. The molecule has 0 radical (unpaired) electrons. The van der Waals surface area contributed by atoms with Crippen LogP contribution in [-0.4, -0.2) is 81.8 Å². The van der Waals surface area contributed by atoms with Gasteiger partial charge in [-0.2, -0.15) is 5.10 Å². The number of hydrogen-bond donors (Lipinski definition) is 0. The number of likely N-dealkylation sites (tertiary alicyclic amines) is 1. The van der Waals surface area contributed by atoms with Crippen LogP contribution in [0.4, 0.5) is 0 Å². The van der Waals surface area contributed by atoms with Crippen LogP contribution < -0.4 is 0 Å². The van der Waals surface area contributed by atoms with E-state index in [9.17, 15) is 0 Å². The Bertz CT molecular complexity index is 731. The lowest BCUT2D eigenvalue weighted by molar-refractivity contribution is 0.0568. The van der Waals surface area contributed by atoms with E-state index in [0.29, 0.717) is 0 Å². The largest absolute Gasteiger partial charge is 0.305 e. The fourth-order valence-corrected chi connectivity index (χ4v) is 4.42. The van der Waals surface area contributed by atoms with Crippen LogP contribution >= 0.6 is 0 Å². The maximum Gasteiger partial charge on any atom is 0.157 e. The van der Waals surface area contributed by atoms with Gasteiger partial charge in [0.05, 0.1) is 5.69 Å². The van der Waals surface area contributed by atoms with Gasteiger partial charge in [-0.05, 0) is 45.0 Å². The molecule has 4 heterocycles. The van der Waals surface area contributed by atoms with Crippen molar-refractivity contribution < 1.29 is 0 Å². The highest BCUT2D eigenvalue weighted by atomic mass is 15.3. The van der Waals surface area contributed by atoms with Gasteiger partial charge < -0.3 is 4.90 Å². The number of pyridine rings is 1. The average Bonchev–Trinajstić information content (AvgIpc) is 2.89. The highest BCUT2D eigenvalue weighted by molar-refractivity contribution is 5.78. The summed E-state index contributed by atoms with van der Waals surface area (Å²) < 4.78 is 1.87. The van der Waals surface area contributed by atoms with E-state index in [1.807, 2.05) is 17.9 Å². The molecule has 0 bridgehead atoms. The van der Waals surface area contributed by atoms with Crippen molar-refractivity contribution in [1.29, 1.82) is 0 Å². The topological polar surface area (TPSA) is 40.4 Å². The van der Waals surface area contributed by atoms with Crippen LogP contribution in [0.25, 0.3) is 11.0 Å². The molecule has 2 aliphatic rings. The summed E-state index contributed by atoms with van der Waals surface area (Å²) in [6, 6.07) is 3.03. The predicted octanol–water partition coefficient (Wildman–Crippen LogP) is 1.49. The molecule has 25 heavy (non-hydrogen) atoms. The van der Waals surface area contributed by atoms with Gasteiger partial charge in [-0.25, -0.2) is 4.98 Å². The zero-order valence-electron chi connectivity index (χ0n) is 15.8. The maximum atomic E-state index is 4.62. The molecule has 1 atom stereocenters. The molecule has 0 aliphatic carbocycles. The van der Waals surface area contributed by atoms with E-state index >= 15 is 0 Å². The van der Waals surface area contributed by atoms with Gasteiger partial charge in [-0.1, -0.05) is 0 Å². The van der Waals surface area contributed by atoms with E-state index in [1.165, 1.54) is 50.0 Å². The molecule has 2 aromatic rings. The molecule has 6 nitrogen and oxygen atoms in total. The number of fused-ring (bicyclic) bond motifs is 1. The van der Waals surface area contributed by atoms with Crippen molar-refractivity contribution >= 4 is 11.0 Å². The Kier molecular flexibility index (Phi) is 4.75. The van der Waals surface area contributed by atoms with Crippen LogP contribution in [0.3, 0.4) is 0 Å². The van der Waals surface area contributed by atoms with Gasteiger partial charge in [-0.15, -0.1) is 0 Å². The van der Waals surface area contributed by atoms with Crippen LogP contribution in [0.2, 0.25) is 0 Å². The van der Waals surface area contributed by atoms with Crippen LogP contribution in [0.5, 0.6) is 0 Å². The van der Waals surface area contributed by atoms with Gasteiger partial charge in [-0.3, -0.25) is 14.5 Å². The van der Waals surface area contributed by atoms with Crippen molar-refractivity contribution in [1.82, 2.24) is 29.5 Å². The van der Waals surface area contributed by atoms with Crippen molar-refractivity contribution in [2.45, 2.75) is 32.4 Å². The fourth-order valence-electron chi connectivity index (χ4n) is 4.42. The van der Waals surface area contributed by atoms with Gasteiger partial charge in [0.15, 0.2) is 5.65 Å². The van der Waals surface area contributed by atoms with E-state index in [4.69, 9.17) is 0 Å². The van der Waals surface area contributed by atoms with Crippen molar-refractivity contribution in [3.8, 4) is 0 Å². The monoisotopic (exact) mass is 342 g/mol. The average molecular weight is 342 g/mol. The van der Waals surface area contributed by atoms with E-state index in [-0.39, 0.29) is 0 Å². The number of likely N-dealkylation sites (N-methyl/N-ethyl adjacent to an activating group) is 1. The first-order valence-electron chi connectivity index (χ1n) is 9.53. The molecule has 0 N–H and O–H groups in total. The Labute approximate surface area is 150 Å². The summed E-state index contributed by atoms with van der Waals surface area (Å²) >= 11 is 0. The Hall–Kier alpha value is -1.50. The zero-order chi connectivity index (χ0) is 17.4. The summed E-state index contributed by atoms with van der Waals surface area (Å²) in [4.78, 5) is 12.4. The molecule has 0 aromatic carbocycles. The SMILES string of the molecule is Cc1nn(C)c2ncc(CN3CCN(C4CCCN(C)C4)CC3)cc12. The Morgan fingerprint density at radius 1 is 1.12 bits per heavy atom. The molecular weight excluding hydrogens is 312 g/mol. The highest BCUT2D eigenvalue weighted by Gasteiger charge is 2.26.